The minimum atomic E-state index is 0.556. The number of nitrogens with zero attached hydrogens (tertiary/aromatic N) is 1. The fourth-order valence-corrected chi connectivity index (χ4v) is 3.40. The van der Waals surface area contributed by atoms with E-state index in [9.17, 15) is 0 Å². The van der Waals surface area contributed by atoms with Crippen molar-refractivity contribution in [2.24, 2.45) is 10.8 Å². The van der Waals surface area contributed by atoms with E-state index in [4.69, 9.17) is 0 Å². The van der Waals surface area contributed by atoms with Crippen LogP contribution in [0.15, 0.2) is 0 Å². The van der Waals surface area contributed by atoms with Gasteiger partial charge < -0.3 is 4.90 Å². The van der Waals surface area contributed by atoms with Crippen molar-refractivity contribution in [3.63, 3.8) is 0 Å². The predicted octanol–water partition coefficient (Wildman–Crippen LogP) is 3.28. The first-order valence-electron chi connectivity index (χ1n) is 5.84. The maximum atomic E-state index is 3.66. The lowest BCUT2D eigenvalue weighted by atomic mass is 9.84. The fraction of sp³-hybridized carbons (Fsp3) is 1.00. The zero-order valence-electron chi connectivity index (χ0n) is 9.48. The smallest absolute Gasteiger partial charge is 0.0100 e. The van der Waals surface area contributed by atoms with Gasteiger partial charge in [-0.15, -0.1) is 0 Å². The summed E-state index contributed by atoms with van der Waals surface area (Å²) in [6, 6.07) is 0. The fourth-order valence-electron chi connectivity index (χ4n) is 2.66. The molecule has 0 aromatic heterocycles. The van der Waals surface area contributed by atoms with Crippen LogP contribution < -0.4 is 0 Å². The lowest BCUT2D eigenvalue weighted by Crippen LogP contribution is -2.43. The SMILES string of the molecule is CC1(C)CCCN(CC2(CBr)CC2)C1. The molecule has 0 unspecified atom stereocenters. The summed E-state index contributed by atoms with van der Waals surface area (Å²) in [7, 11) is 0. The molecule has 2 aliphatic rings. The molecular formula is C12H22BrN. The predicted molar refractivity (Wildman–Crippen MR) is 64.9 cm³/mol. The van der Waals surface area contributed by atoms with Gasteiger partial charge in [0.15, 0.2) is 0 Å². The second kappa shape index (κ2) is 3.79. The molecule has 0 spiro atoms. The number of alkyl halides is 1. The molecule has 82 valence electrons. The third-order valence-corrected chi connectivity index (χ3v) is 4.97. The van der Waals surface area contributed by atoms with Crippen molar-refractivity contribution >= 4 is 15.9 Å². The van der Waals surface area contributed by atoms with Crippen LogP contribution in [0.5, 0.6) is 0 Å². The van der Waals surface area contributed by atoms with E-state index in [1.54, 1.807) is 0 Å². The van der Waals surface area contributed by atoms with Gasteiger partial charge in [0.2, 0.25) is 0 Å². The van der Waals surface area contributed by atoms with Crippen molar-refractivity contribution in [1.29, 1.82) is 0 Å². The van der Waals surface area contributed by atoms with E-state index in [0.717, 1.165) is 0 Å². The summed E-state index contributed by atoms with van der Waals surface area (Å²) in [5.74, 6) is 0. The van der Waals surface area contributed by atoms with Crippen LogP contribution in [0.1, 0.15) is 39.5 Å². The number of piperidine rings is 1. The largest absolute Gasteiger partial charge is 0.302 e. The quantitative estimate of drug-likeness (QED) is 0.704. The molecule has 1 heterocycles. The van der Waals surface area contributed by atoms with E-state index in [1.807, 2.05) is 0 Å². The van der Waals surface area contributed by atoms with Crippen LogP contribution >= 0.6 is 15.9 Å². The molecule has 14 heavy (non-hydrogen) atoms. The lowest BCUT2D eigenvalue weighted by Gasteiger charge is -2.39. The van der Waals surface area contributed by atoms with Gasteiger partial charge in [-0.25, -0.2) is 0 Å². The van der Waals surface area contributed by atoms with Gasteiger partial charge in [0.05, 0.1) is 0 Å². The first-order chi connectivity index (χ1) is 6.55. The monoisotopic (exact) mass is 259 g/mol. The molecule has 0 amide bonds. The van der Waals surface area contributed by atoms with Gasteiger partial charge in [-0.2, -0.15) is 0 Å². The van der Waals surface area contributed by atoms with Crippen LogP contribution in [0, 0.1) is 10.8 Å². The second-order valence-corrected chi connectivity index (χ2v) is 6.67. The molecule has 1 saturated carbocycles. The van der Waals surface area contributed by atoms with Gasteiger partial charge in [0.25, 0.3) is 0 Å². The van der Waals surface area contributed by atoms with Crippen molar-refractivity contribution in [3.05, 3.63) is 0 Å². The van der Waals surface area contributed by atoms with Crippen LogP contribution in [-0.4, -0.2) is 29.9 Å². The van der Waals surface area contributed by atoms with E-state index in [2.05, 4.69) is 34.7 Å². The van der Waals surface area contributed by atoms with E-state index in [0.29, 0.717) is 10.8 Å². The highest BCUT2D eigenvalue weighted by molar-refractivity contribution is 9.09. The highest BCUT2D eigenvalue weighted by Gasteiger charge is 2.43. The molecule has 2 rings (SSSR count). The Hall–Kier alpha value is 0.440. The average Bonchev–Trinajstić information content (AvgIpc) is 2.84. The minimum absolute atomic E-state index is 0.556. The van der Waals surface area contributed by atoms with Crippen LogP contribution in [0.4, 0.5) is 0 Å². The van der Waals surface area contributed by atoms with Gasteiger partial charge in [-0.05, 0) is 43.1 Å². The molecule has 0 bridgehead atoms. The lowest BCUT2D eigenvalue weighted by molar-refractivity contribution is 0.101. The van der Waals surface area contributed by atoms with E-state index in [1.165, 1.54) is 50.6 Å². The molecule has 1 saturated heterocycles. The Labute approximate surface area is 96.4 Å². The van der Waals surface area contributed by atoms with Gasteiger partial charge in [0.1, 0.15) is 0 Å². The summed E-state index contributed by atoms with van der Waals surface area (Å²) < 4.78 is 0. The van der Waals surface area contributed by atoms with Gasteiger partial charge in [-0.3, -0.25) is 0 Å². The summed E-state index contributed by atoms with van der Waals surface area (Å²) in [6.07, 6.45) is 5.68. The maximum Gasteiger partial charge on any atom is 0.0100 e. The molecule has 1 nitrogen and oxygen atoms in total. The molecule has 0 atom stereocenters. The molecule has 0 aromatic carbocycles. The maximum absolute atomic E-state index is 3.66. The Morgan fingerprint density at radius 2 is 1.93 bits per heavy atom. The average molecular weight is 260 g/mol. The highest BCUT2D eigenvalue weighted by Crippen LogP contribution is 2.48. The minimum Gasteiger partial charge on any atom is -0.302 e. The first kappa shape index (κ1) is 10.9. The summed E-state index contributed by atoms with van der Waals surface area (Å²) in [4.78, 5) is 2.69. The highest BCUT2D eigenvalue weighted by atomic mass is 79.9. The van der Waals surface area contributed by atoms with Crippen molar-refractivity contribution in [1.82, 2.24) is 4.90 Å². The Balaban J connectivity index is 1.86. The van der Waals surface area contributed by atoms with Crippen LogP contribution in [-0.2, 0) is 0 Å². The standard InChI is InChI=1S/C12H22BrN/c1-11(2)4-3-7-14(9-11)10-12(8-13)5-6-12/h3-10H2,1-2H3. The number of rotatable bonds is 3. The van der Waals surface area contributed by atoms with Crippen molar-refractivity contribution in [3.8, 4) is 0 Å². The second-order valence-electron chi connectivity index (χ2n) is 6.11. The van der Waals surface area contributed by atoms with Crippen molar-refractivity contribution < 1.29 is 0 Å². The van der Waals surface area contributed by atoms with Crippen molar-refractivity contribution in [2.75, 3.05) is 25.0 Å². The molecule has 1 aliphatic carbocycles. The summed E-state index contributed by atoms with van der Waals surface area (Å²) in [5, 5.41) is 1.21. The Morgan fingerprint density at radius 3 is 2.43 bits per heavy atom. The molecule has 2 heteroatoms. The van der Waals surface area contributed by atoms with E-state index < -0.39 is 0 Å². The van der Waals surface area contributed by atoms with E-state index >= 15 is 0 Å². The molecule has 2 fully saturated rings. The summed E-state index contributed by atoms with van der Waals surface area (Å²) in [6.45, 7) is 8.79. The number of halogens is 1. The first-order valence-corrected chi connectivity index (χ1v) is 6.96. The van der Waals surface area contributed by atoms with Gasteiger partial charge in [-0.1, -0.05) is 29.8 Å². The zero-order valence-corrected chi connectivity index (χ0v) is 11.1. The number of hydrogen-bond acceptors (Lipinski definition) is 1. The number of likely N-dealkylation sites (tertiary alicyclic amines) is 1. The number of hydrogen-bond donors (Lipinski definition) is 0. The zero-order chi connectivity index (χ0) is 10.2. The van der Waals surface area contributed by atoms with Crippen LogP contribution in [0.3, 0.4) is 0 Å². The molecule has 0 N–H and O–H groups in total. The van der Waals surface area contributed by atoms with Gasteiger partial charge >= 0.3 is 0 Å². The summed E-state index contributed by atoms with van der Waals surface area (Å²) in [5.41, 5.74) is 1.22. The van der Waals surface area contributed by atoms with Crippen LogP contribution in [0.2, 0.25) is 0 Å². The molecule has 0 aromatic rings. The van der Waals surface area contributed by atoms with Gasteiger partial charge in [0, 0.05) is 18.4 Å². The molecule has 0 radical (unpaired) electrons. The molecular weight excluding hydrogens is 238 g/mol. The Morgan fingerprint density at radius 1 is 1.21 bits per heavy atom. The Bertz CT molecular complexity index is 208. The van der Waals surface area contributed by atoms with E-state index in [-0.39, 0.29) is 0 Å². The normalized spacial score (nSPS) is 30.2. The Kier molecular flexibility index (Phi) is 2.96. The van der Waals surface area contributed by atoms with Crippen LogP contribution in [0.25, 0.3) is 0 Å². The third kappa shape index (κ3) is 2.52. The third-order valence-electron chi connectivity index (χ3n) is 3.78. The topological polar surface area (TPSA) is 3.24 Å². The molecule has 1 aliphatic heterocycles. The van der Waals surface area contributed by atoms with Crippen molar-refractivity contribution in [2.45, 2.75) is 39.5 Å². The summed E-state index contributed by atoms with van der Waals surface area (Å²) >= 11 is 3.66.